The second-order valence-electron chi connectivity index (χ2n) is 6.21. The lowest BCUT2D eigenvalue weighted by atomic mass is 9.94. The number of nitrogens with one attached hydrogen (secondary N) is 1. The van der Waals surface area contributed by atoms with Gasteiger partial charge < -0.3 is 5.32 Å². The molecule has 0 aromatic heterocycles. The molecule has 0 saturated heterocycles. The Morgan fingerprint density at radius 2 is 1.25 bits per heavy atom. The number of carbonyl (C=O) groups excluding carboxylic acids is 1. The van der Waals surface area contributed by atoms with Crippen LogP contribution in [-0.4, -0.2) is 12.5 Å². The van der Waals surface area contributed by atoms with Gasteiger partial charge in [-0.3, -0.25) is 4.79 Å². The maximum Gasteiger partial charge on any atom is 0.216 e. The fourth-order valence-electron chi connectivity index (χ4n) is 2.71. The van der Waals surface area contributed by atoms with Crippen LogP contribution in [0.2, 0.25) is 0 Å². The molecule has 0 aliphatic heterocycles. The first-order chi connectivity index (χ1) is 9.70. The zero-order valence-corrected chi connectivity index (χ0v) is 14.2. The molecular weight excluding hydrogens is 246 g/mol. The minimum Gasteiger partial charge on any atom is -0.356 e. The molecule has 120 valence electrons. The van der Waals surface area contributed by atoms with Crippen LogP contribution in [0.1, 0.15) is 97.8 Å². The van der Waals surface area contributed by atoms with E-state index >= 15 is 0 Å². The summed E-state index contributed by atoms with van der Waals surface area (Å²) in [6.07, 6.45) is 16.1. The van der Waals surface area contributed by atoms with Gasteiger partial charge in [-0.15, -0.1) is 0 Å². The van der Waals surface area contributed by atoms with E-state index in [0.29, 0.717) is 5.92 Å². The first kappa shape index (κ1) is 19.5. The SMILES string of the molecule is CCCCCCCCC(CCCCCC)CNC(C)=O. The monoisotopic (exact) mass is 283 g/mol. The molecule has 1 N–H and O–H groups in total. The molecule has 0 aromatic carbocycles. The van der Waals surface area contributed by atoms with Gasteiger partial charge in [0.25, 0.3) is 0 Å². The minimum atomic E-state index is 0.117. The molecule has 2 nitrogen and oxygen atoms in total. The number of rotatable bonds is 14. The van der Waals surface area contributed by atoms with Crippen LogP contribution in [0.3, 0.4) is 0 Å². The lowest BCUT2D eigenvalue weighted by Gasteiger charge is -2.17. The summed E-state index contributed by atoms with van der Waals surface area (Å²) >= 11 is 0. The highest BCUT2D eigenvalue weighted by molar-refractivity contribution is 5.72. The summed E-state index contributed by atoms with van der Waals surface area (Å²) in [6.45, 7) is 7.03. The van der Waals surface area contributed by atoms with Gasteiger partial charge in [0.2, 0.25) is 5.91 Å². The van der Waals surface area contributed by atoms with Gasteiger partial charge in [0.1, 0.15) is 0 Å². The Morgan fingerprint density at radius 1 is 0.800 bits per heavy atom. The van der Waals surface area contributed by atoms with Crippen LogP contribution in [0.4, 0.5) is 0 Å². The average molecular weight is 283 g/mol. The van der Waals surface area contributed by atoms with Crippen molar-refractivity contribution < 1.29 is 4.79 Å². The maximum absolute atomic E-state index is 11.1. The van der Waals surface area contributed by atoms with Crippen LogP contribution in [0, 0.1) is 5.92 Å². The van der Waals surface area contributed by atoms with E-state index in [9.17, 15) is 4.79 Å². The Bertz CT molecular complexity index is 215. The summed E-state index contributed by atoms with van der Waals surface area (Å²) in [5.74, 6) is 0.813. The van der Waals surface area contributed by atoms with Crippen LogP contribution < -0.4 is 5.32 Å². The zero-order chi connectivity index (χ0) is 15.1. The van der Waals surface area contributed by atoms with Crippen molar-refractivity contribution >= 4 is 5.91 Å². The molecule has 2 heteroatoms. The lowest BCUT2D eigenvalue weighted by Crippen LogP contribution is -2.27. The fourth-order valence-corrected chi connectivity index (χ4v) is 2.71. The fraction of sp³-hybridized carbons (Fsp3) is 0.944. The quantitative estimate of drug-likeness (QED) is 0.421. The van der Waals surface area contributed by atoms with Gasteiger partial charge in [0, 0.05) is 13.5 Å². The van der Waals surface area contributed by atoms with Gasteiger partial charge >= 0.3 is 0 Å². The summed E-state index contributed by atoms with van der Waals surface area (Å²) in [7, 11) is 0. The average Bonchev–Trinajstić information content (AvgIpc) is 2.43. The Hall–Kier alpha value is -0.530. The van der Waals surface area contributed by atoms with Gasteiger partial charge in [0.05, 0.1) is 0 Å². The highest BCUT2D eigenvalue weighted by atomic mass is 16.1. The summed E-state index contributed by atoms with van der Waals surface area (Å²) in [5, 5.41) is 3.01. The third kappa shape index (κ3) is 13.9. The number of hydrogen-bond donors (Lipinski definition) is 1. The number of carbonyl (C=O) groups is 1. The molecule has 0 bridgehead atoms. The van der Waals surface area contributed by atoms with Crippen LogP contribution in [0.25, 0.3) is 0 Å². The molecule has 0 aliphatic rings. The van der Waals surface area contributed by atoms with E-state index in [4.69, 9.17) is 0 Å². The third-order valence-corrected chi connectivity index (χ3v) is 4.07. The number of unbranched alkanes of at least 4 members (excludes halogenated alkanes) is 8. The Morgan fingerprint density at radius 3 is 1.75 bits per heavy atom. The molecule has 0 aromatic rings. The smallest absolute Gasteiger partial charge is 0.216 e. The molecular formula is C18H37NO. The standard InChI is InChI=1S/C18H37NO/c1-4-6-8-10-11-13-15-18(16-19-17(3)20)14-12-9-7-5-2/h18H,4-16H2,1-3H3,(H,19,20). The van der Waals surface area contributed by atoms with E-state index in [-0.39, 0.29) is 5.91 Å². The van der Waals surface area contributed by atoms with Gasteiger partial charge in [-0.1, -0.05) is 78.1 Å². The van der Waals surface area contributed by atoms with E-state index in [1.54, 1.807) is 6.92 Å². The molecule has 0 aliphatic carbocycles. The summed E-state index contributed by atoms with van der Waals surface area (Å²) in [4.78, 5) is 11.1. The maximum atomic E-state index is 11.1. The second kappa shape index (κ2) is 14.9. The Balaban J connectivity index is 3.71. The predicted molar refractivity (Wildman–Crippen MR) is 88.9 cm³/mol. The van der Waals surface area contributed by atoms with Crippen molar-refractivity contribution in [3.05, 3.63) is 0 Å². The third-order valence-electron chi connectivity index (χ3n) is 4.07. The minimum absolute atomic E-state index is 0.117. The second-order valence-corrected chi connectivity index (χ2v) is 6.21. The number of hydrogen-bond acceptors (Lipinski definition) is 1. The topological polar surface area (TPSA) is 29.1 Å². The van der Waals surface area contributed by atoms with Gasteiger partial charge in [0.15, 0.2) is 0 Å². The molecule has 1 amide bonds. The van der Waals surface area contributed by atoms with Crippen LogP contribution in [-0.2, 0) is 4.79 Å². The van der Waals surface area contributed by atoms with E-state index in [1.165, 1.54) is 77.0 Å². The molecule has 0 heterocycles. The highest BCUT2D eigenvalue weighted by Gasteiger charge is 2.09. The van der Waals surface area contributed by atoms with E-state index in [2.05, 4.69) is 19.2 Å². The van der Waals surface area contributed by atoms with Crippen LogP contribution in [0.15, 0.2) is 0 Å². The van der Waals surface area contributed by atoms with Crippen LogP contribution in [0.5, 0.6) is 0 Å². The van der Waals surface area contributed by atoms with Gasteiger partial charge in [-0.2, -0.15) is 0 Å². The molecule has 1 unspecified atom stereocenters. The number of amides is 1. The van der Waals surface area contributed by atoms with E-state index in [1.807, 2.05) is 0 Å². The molecule has 0 fully saturated rings. The van der Waals surface area contributed by atoms with Crippen molar-refractivity contribution in [1.82, 2.24) is 5.32 Å². The van der Waals surface area contributed by atoms with Crippen molar-refractivity contribution in [2.45, 2.75) is 97.8 Å². The summed E-state index contributed by atoms with van der Waals surface area (Å²) < 4.78 is 0. The normalized spacial score (nSPS) is 12.3. The van der Waals surface area contributed by atoms with Crippen molar-refractivity contribution in [1.29, 1.82) is 0 Å². The molecule has 0 spiro atoms. The molecule has 0 rings (SSSR count). The van der Waals surface area contributed by atoms with Gasteiger partial charge in [-0.25, -0.2) is 0 Å². The van der Waals surface area contributed by atoms with Crippen molar-refractivity contribution in [3.63, 3.8) is 0 Å². The lowest BCUT2D eigenvalue weighted by molar-refractivity contribution is -0.119. The largest absolute Gasteiger partial charge is 0.356 e. The zero-order valence-electron chi connectivity index (χ0n) is 14.2. The van der Waals surface area contributed by atoms with E-state index in [0.717, 1.165) is 6.54 Å². The first-order valence-corrected chi connectivity index (χ1v) is 8.95. The van der Waals surface area contributed by atoms with Crippen molar-refractivity contribution in [2.24, 2.45) is 5.92 Å². The summed E-state index contributed by atoms with van der Waals surface area (Å²) in [6, 6.07) is 0. The molecule has 20 heavy (non-hydrogen) atoms. The highest BCUT2D eigenvalue weighted by Crippen LogP contribution is 2.18. The van der Waals surface area contributed by atoms with Crippen molar-refractivity contribution in [3.8, 4) is 0 Å². The van der Waals surface area contributed by atoms with Crippen molar-refractivity contribution in [2.75, 3.05) is 6.54 Å². The molecule has 0 radical (unpaired) electrons. The Kier molecular flexibility index (Phi) is 14.5. The van der Waals surface area contributed by atoms with Crippen LogP contribution >= 0.6 is 0 Å². The first-order valence-electron chi connectivity index (χ1n) is 8.95. The molecule has 1 atom stereocenters. The predicted octanol–water partition coefficient (Wildman–Crippen LogP) is 5.46. The van der Waals surface area contributed by atoms with E-state index < -0.39 is 0 Å². The Labute approximate surface area is 127 Å². The molecule has 0 saturated carbocycles. The summed E-state index contributed by atoms with van der Waals surface area (Å²) in [5.41, 5.74) is 0. The van der Waals surface area contributed by atoms with Gasteiger partial charge in [-0.05, 0) is 18.8 Å².